The Hall–Kier alpha value is -2.41. The number of hydrogen-bond donors (Lipinski definition) is 4. The predicted molar refractivity (Wildman–Crippen MR) is 94.8 cm³/mol. The lowest BCUT2D eigenvalue weighted by molar-refractivity contribution is 0.121. The molecular formula is C18H25N5O2. The monoisotopic (exact) mass is 343 g/mol. The van der Waals surface area contributed by atoms with E-state index in [-0.39, 0.29) is 24.1 Å². The minimum Gasteiger partial charge on any atom is -0.396 e. The summed E-state index contributed by atoms with van der Waals surface area (Å²) >= 11 is 0. The largest absolute Gasteiger partial charge is 0.396 e. The average molecular weight is 343 g/mol. The van der Waals surface area contributed by atoms with Gasteiger partial charge in [-0.05, 0) is 31.4 Å². The van der Waals surface area contributed by atoms with Crippen molar-refractivity contribution in [2.24, 2.45) is 5.41 Å². The number of nitrogens with one attached hydrogen (secondary N) is 3. The second-order valence-electron chi connectivity index (χ2n) is 7.03. The van der Waals surface area contributed by atoms with Crippen LogP contribution in [0.2, 0.25) is 0 Å². The van der Waals surface area contributed by atoms with E-state index in [1.807, 2.05) is 38.1 Å². The highest BCUT2D eigenvalue weighted by atomic mass is 16.3. The van der Waals surface area contributed by atoms with Gasteiger partial charge in [0.1, 0.15) is 5.82 Å². The summed E-state index contributed by atoms with van der Waals surface area (Å²) in [6, 6.07) is 7.60. The number of aromatic amines is 1. The Morgan fingerprint density at radius 2 is 2.32 bits per heavy atom. The average Bonchev–Trinajstić information content (AvgIpc) is 3.20. The van der Waals surface area contributed by atoms with Crippen LogP contribution in [-0.4, -0.2) is 39.0 Å². The molecule has 25 heavy (non-hydrogen) atoms. The number of aliphatic hydroxyl groups excluding tert-OH is 1. The molecule has 1 aromatic carbocycles. The van der Waals surface area contributed by atoms with Gasteiger partial charge in [-0.25, -0.2) is 9.78 Å². The van der Waals surface area contributed by atoms with E-state index >= 15 is 0 Å². The number of benzene rings is 1. The number of carbonyl (C=O) groups is 1. The van der Waals surface area contributed by atoms with Crippen molar-refractivity contribution in [1.82, 2.24) is 25.8 Å². The molecule has 7 heteroatoms. The van der Waals surface area contributed by atoms with Gasteiger partial charge in [0.2, 0.25) is 0 Å². The molecule has 1 aromatic heterocycles. The van der Waals surface area contributed by atoms with Crippen LogP contribution < -0.4 is 10.6 Å². The topological polar surface area (TPSA) is 103 Å². The first-order valence-electron chi connectivity index (χ1n) is 8.64. The van der Waals surface area contributed by atoms with Crippen LogP contribution in [-0.2, 0) is 6.54 Å². The number of hydrogen-bond acceptors (Lipinski definition) is 4. The second kappa shape index (κ2) is 7.23. The molecule has 0 spiro atoms. The number of aryl methyl sites for hydroxylation is 1. The standard InChI is InChI=1S/C18H25N5O2/c1-12-20-16(23-22-12)14-6-3-5-13(9-14)10-19-17(25)21-15-7-4-8-18(15,2)11-24/h3,5-6,9,15,24H,4,7-8,10-11H2,1-2H3,(H2,19,21,25)(H,20,22,23). The summed E-state index contributed by atoms with van der Waals surface area (Å²) in [5, 5.41) is 22.4. The van der Waals surface area contributed by atoms with Gasteiger partial charge in [0.25, 0.3) is 0 Å². The maximum absolute atomic E-state index is 12.2. The molecule has 1 saturated carbocycles. The molecule has 2 aromatic rings. The van der Waals surface area contributed by atoms with Gasteiger partial charge in [-0.15, -0.1) is 0 Å². The highest BCUT2D eigenvalue weighted by Gasteiger charge is 2.39. The van der Waals surface area contributed by atoms with Gasteiger partial charge >= 0.3 is 6.03 Å². The molecule has 0 aliphatic heterocycles. The number of carbonyl (C=O) groups excluding carboxylic acids is 1. The fourth-order valence-electron chi connectivity index (χ4n) is 3.35. The molecule has 1 aliphatic rings. The Balaban J connectivity index is 1.57. The zero-order valence-corrected chi connectivity index (χ0v) is 14.7. The van der Waals surface area contributed by atoms with Crippen molar-refractivity contribution in [1.29, 1.82) is 0 Å². The van der Waals surface area contributed by atoms with Gasteiger partial charge in [0.05, 0.1) is 6.61 Å². The van der Waals surface area contributed by atoms with Crippen LogP contribution in [0.5, 0.6) is 0 Å². The van der Waals surface area contributed by atoms with Gasteiger partial charge in [0, 0.05) is 23.6 Å². The van der Waals surface area contributed by atoms with E-state index < -0.39 is 0 Å². The van der Waals surface area contributed by atoms with Crippen molar-refractivity contribution >= 4 is 6.03 Å². The van der Waals surface area contributed by atoms with E-state index in [0.29, 0.717) is 12.4 Å². The maximum Gasteiger partial charge on any atom is 0.315 e. The van der Waals surface area contributed by atoms with Gasteiger partial charge in [-0.1, -0.05) is 31.5 Å². The smallest absolute Gasteiger partial charge is 0.315 e. The van der Waals surface area contributed by atoms with Gasteiger partial charge in [-0.3, -0.25) is 5.10 Å². The fourth-order valence-corrected chi connectivity index (χ4v) is 3.35. The normalized spacial score (nSPS) is 22.8. The van der Waals surface area contributed by atoms with Gasteiger partial charge in [-0.2, -0.15) is 5.10 Å². The summed E-state index contributed by atoms with van der Waals surface area (Å²) < 4.78 is 0. The lowest BCUT2D eigenvalue weighted by Gasteiger charge is -2.30. The maximum atomic E-state index is 12.2. The highest BCUT2D eigenvalue weighted by Crippen LogP contribution is 2.37. The minimum atomic E-state index is -0.221. The summed E-state index contributed by atoms with van der Waals surface area (Å²) in [4.78, 5) is 16.5. The summed E-state index contributed by atoms with van der Waals surface area (Å²) in [6.45, 7) is 4.39. The third-order valence-corrected chi connectivity index (χ3v) is 4.98. The molecule has 7 nitrogen and oxygen atoms in total. The molecule has 2 amide bonds. The summed E-state index contributed by atoms with van der Waals surface area (Å²) in [7, 11) is 0. The zero-order valence-electron chi connectivity index (χ0n) is 14.7. The zero-order chi connectivity index (χ0) is 17.9. The molecule has 0 saturated heterocycles. The van der Waals surface area contributed by atoms with E-state index in [9.17, 15) is 9.90 Å². The third kappa shape index (κ3) is 3.99. The number of amides is 2. The van der Waals surface area contributed by atoms with Crippen molar-refractivity contribution in [3.63, 3.8) is 0 Å². The molecule has 134 valence electrons. The van der Waals surface area contributed by atoms with E-state index in [0.717, 1.165) is 36.2 Å². The van der Waals surface area contributed by atoms with Crippen LogP contribution in [0.4, 0.5) is 4.79 Å². The Labute approximate surface area is 147 Å². The number of H-pyrrole nitrogens is 1. The Kier molecular flexibility index (Phi) is 5.03. The Bertz CT molecular complexity index is 745. The van der Waals surface area contributed by atoms with Crippen molar-refractivity contribution in [2.45, 2.75) is 45.7 Å². The van der Waals surface area contributed by atoms with E-state index in [1.54, 1.807) is 0 Å². The van der Waals surface area contributed by atoms with Gasteiger partial charge < -0.3 is 15.7 Å². The quantitative estimate of drug-likeness (QED) is 0.668. The fraction of sp³-hybridized carbons (Fsp3) is 0.500. The van der Waals surface area contributed by atoms with E-state index in [2.05, 4.69) is 25.8 Å². The van der Waals surface area contributed by atoms with Crippen molar-refractivity contribution < 1.29 is 9.90 Å². The van der Waals surface area contributed by atoms with Gasteiger partial charge in [0.15, 0.2) is 5.82 Å². The molecular weight excluding hydrogens is 318 g/mol. The van der Waals surface area contributed by atoms with Crippen LogP contribution in [0.15, 0.2) is 24.3 Å². The summed E-state index contributed by atoms with van der Waals surface area (Å²) in [6.07, 6.45) is 2.87. The Morgan fingerprint density at radius 1 is 1.48 bits per heavy atom. The molecule has 4 N–H and O–H groups in total. The van der Waals surface area contributed by atoms with E-state index in [1.165, 1.54) is 0 Å². The van der Waals surface area contributed by atoms with Crippen molar-refractivity contribution in [3.8, 4) is 11.4 Å². The first-order chi connectivity index (χ1) is 12.0. The lowest BCUT2D eigenvalue weighted by atomic mass is 9.86. The molecule has 2 atom stereocenters. The number of aromatic nitrogens is 3. The Morgan fingerprint density at radius 3 is 3.04 bits per heavy atom. The lowest BCUT2D eigenvalue weighted by Crippen LogP contribution is -2.48. The molecule has 0 bridgehead atoms. The molecule has 2 unspecified atom stereocenters. The third-order valence-electron chi connectivity index (χ3n) is 4.98. The van der Waals surface area contributed by atoms with Crippen LogP contribution in [0.1, 0.15) is 37.6 Å². The summed E-state index contributed by atoms with van der Waals surface area (Å²) in [5.41, 5.74) is 1.67. The van der Waals surface area contributed by atoms with Crippen molar-refractivity contribution in [3.05, 3.63) is 35.7 Å². The number of rotatable bonds is 5. The van der Waals surface area contributed by atoms with E-state index in [4.69, 9.17) is 0 Å². The minimum absolute atomic E-state index is 0.0139. The molecule has 1 fully saturated rings. The first kappa shape index (κ1) is 17.4. The van der Waals surface area contributed by atoms with Crippen LogP contribution in [0.3, 0.4) is 0 Å². The van der Waals surface area contributed by atoms with Crippen LogP contribution >= 0.6 is 0 Å². The number of nitrogens with zero attached hydrogens (tertiary/aromatic N) is 2. The molecule has 1 heterocycles. The van der Waals surface area contributed by atoms with Crippen molar-refractivity contribution in [2.75, 3.05) is 6.61 Å². The highest BCUT2D eigenvalue weighted by molar-refractivity contribution is 5.74. The predicted octanol–water partition coefficient (Wildman–Crippen LogP) is 2.13. The second-order valence-corrected chi connectivity index (χ2v) is 7.03. The molecule has 3 rings (SSSR count). The molecule has 1 aliphatic carbocycles. The summed E-state index contributed by atoms with van der Waals surface area (Å²) in [5.74, 6) is 1.41. The SMILES string of the molecule is Cc1nc(-c2cccc(CNC(=O)NC3CCCC3(C)CO)c2)n[nH]1. The molecule has 0 radical (unpaired) electrons. The van der Waals surface area contributed by atoms with Crippen LogP contribution in [0.25, 0.3) is 11.4 Å². The number of urea groups is 1. The van der Waals surface area contributed by atoms with Crippen LogP contribution in [0, 0.1) is 12.3 Å². The first-order valence-corrected chi connectivity index (χ1v) is 8.64. The number of aliphatic hydroxyl groups is 1.